The van der Waals surface area contributed by atoms with Crippen LogP contribution in [0.2, 0.25) is 0 Å². The van der Waals surface area contributed by atoms with E-state index in [1.54, 1.807) is 12.3 Å². The Labute approximate surface area is 137 Å². The van der Waals surface area contributed by atoms with Gasteiger partial charge in [-0.25, -0.2) is 0 Å². The third-order valence-corrected chi connectivity index (χ3v) is 4.71. The smallest absolute Gasteiger partial charge is 0.255 e. The Morgan fingerprint density at radius 2 is 2.39 bits per heavy atom. The van der Waals surface area contributed by atoms with Gasteiger partial charge in [0.05, 0.1) is 37.5 Å². The van der Waals surface area contributed by atoms with Crippen molar-refractivity contribution in [3.05, 3.63) is 42.2 Å². The lowest BCUT2D eigenvalue weighted by Crippen LogP contribution is -2.53. The monoisotopic (exact) mass is 316 g/mol. The Balaban J connectivity index is 1.68. The molecule has 2 heterocycles. The fourth-order valence-electron chi connectivity index (χ4n) is 3.55. The second-order valence-electron chi connectivity index (χ2n) is 6.25. The molecule has 5 nitrogen and oxygen atoms in total. The van der Waals surface area contributed by atoms with E-state index in [0.717, 1.165) is 18.5 Å². The molecule has 0 N–H and O–H groups in total. The van der Waals surface area contributed by atoms with Crippen molar-refractivity contribution in [3.8, 4) is 0 Å². The molecule has 1 saturated carbocycles. The predicted octanol–water partition coefficient (Wildman–Crippen LogP) is 2.21. The third-order valence-electron chi connectivity index (χ3n) is 4.71. The molecule has 3 rings (SSSR count). The van der Waals surface area contributed by atoms with Crippen molar-refractivity contribution in [1.82, 2.24) is 9.88 Å². The van der Waals surface area contributed by atoms with Crippen molar-refractivity contribution in [3.63, 3.8) is 0 Å². The summed E-state index contributed by atoms with van der Waals surface area (Å²) < 4.78 is 11.6. The normalized spacial score (nSPS) is 26.8. The summed E-state index contributed by atoms with van der Waals surface area (Å²) in [5.74, 6) is 0.412. The molecule has 1 aliphatic carbocycles. The highest BCUT2D eigenvalue weighted by Gasteiger charge is 2.44. The van der Waals surface area contributed by atoms with E-state index < -0.39 is 0 Å². The summed E-state index contributed by atoms with van der Waals surface area (Å²) in [6.07, 6.45) is 5.51. The van der Waals surface area contributed by atoms with E-state index in [1.807, 2.05) is 24.0 Å². The van der Waals surface area contributed by atoms with Gasteiger partial charge in [-0.05, 0) is 31.9 Å². The molecular weight excluding hydrogens is 292 g/mol. The first-order valence-corrected chi connectivity index (χ1v) is 8.24. The van der Waals surface area contributed by atoms with Crippen LogP contribution in [-0.4, -0.2) is 54.3 Å². The second kappa shape index (κ2) is 7.23. The van der Waals surface area contributed by atoms with E-state index in [2.05, 4.69) is 11.6 Å². The van der Waals surface area contributed by atoms with Crippen LogP contribution in [0.1, 0.15) is 28.9 Å². The number of pyridine rings is 1. The van der Waals surface area contributed by atoms with Crippen LogP contribution in [0.3, 0.4) is 0 Å². The van der Waals surface area contributed by atoms with E-state index in [4.69, 9.17) is 9.47 Å². The number of fused-ring (bicyclic) bond motifs is 1. The van der Waals surface area contributed by atoms with Crippen LogP contribution in [-0.2, 0) is 9.47 Å². The minimum Gasteiger partial charge on any atom is -0.377 e. The summed E-state index contributed by atoms with van der Waals surface area (Å²) >= 11 is 0. The molecule has 2 fully saturated rings. The molecule has 1 aromatic rings. The maximum atomic E-state index is 12.8. The van der Waals surface area contributed by atoms with Gasteiger partial charge < -0.3 is 14.4 Å². The Kier molecular flexibility index (Phi) is 5.08. The van der Waals surface area contributed by atoms with Gasteiger partial charge in [0.15, 0.2) is 0 Å². The number of rotatable bonds is 5. The SMILES string of the molecule is C=CCOCC1CC[C@@H]2C1OCCN2C(=O)c1ccc(C)nc1. The topological polar surface area (TPSA) is 51.7 Å². The number of morpholine rings is 1. The van der Waals surface area contributed by atoms with E-state index >= 15 is 0 Å². The van der Waals surface area contributed by atoms with Gasteiger partial charge >= 0.3 is 0 Å². The summed E-state index contributed by atoms with van der Waals surface area (Å²) in [6.45, 7) is 8.05. The van der Waals surface area contributed by atoms with Gasteiger partial charge in [-0.3, -0.25) is 9.78 Å². The molecule has 2 unspecified atom stereocenters. The zero-order chi connectivity index (χ0) is 16.2. The summed E-state index contributed by atoms with van der Waals surface area (Å²) in [5, 5.41) is 0. The molecule has 1 saturated heterocycles. The molecule has 5 heteroatoms. The number of nitrogens with zero attached hydrogens (tertiary/aromatic N) is 2. The summed E-state index contributed by atoms with van der Waals surface area (Å²) in [4.78, 5) is 19.0. The summed E-state index contributed by atoms with van der Waals surface area (Å²) in [6, 6.07) is 3.88. The lowest BCUT2D eigenvalue weighted by molar-refractivity contribution is -0.0738. The molecular formula is C18H24N2O3. The predicted molar refractivity (Wildman–Crippen MR) is 87.3 cm³/mol. The van der Waals surface area contributed by atoms with Crippen LogP contribution in [0.5, 0.6) is 0 Å². The largest absolute Gasteiger partial charge is 0.377 e. The molecule has 1 aromatic heterocycles. The minimum absolute atomic E-state index is 0.0588. The van der Waals surface area contributed by atoms with E-state index in [1.165, 1.54) is 0 Å². The van der Waals surface area contributed by atoms with Crippen LogP contribution in [0.4, 0.5) is 0 Å². The van der Waals surface area contributed by atoms with Crippen molar-refractivity contribution in [1.29, 1.82) is 0 Å². The zero-order valence-electron chi connectivity index (χ0n) is 13.6. The molecule has 23 heavy (non-hydrogen) atoms. The average molecular weight is 316 g/mol. The average Bonchev–Trinajstić information content (AvgIpc) is 2.98. The van der Waals surface area contributed by atoms with Gasteiger partial charge in [0.2, 0.25) is 0 Å². The number of amides is 1. The number of ether oxygens (including phenoxy) is 2. The van der Waals surface area contributed by atoms with Crippen molar-refractivity contribution < 1.29 is 14.3 Å². The molecule has 0 radical (unpaired) electrons. The van der Waals surface area contributed by atoms with E-state index in [9.17, 15) is 4.79 Å². The first kappa shape index (κ1) is 16.1. The van der Waals surface area contributed by atoms with Crippen molar-refractivity contribution >= 4 is 5.91 Å². The van der Waals surface area contributed by atoms with Crippen LogP contribution in [0.25, 0.3) is 0 Å². The quantitative estimate of drug-likeness (QED) is 0.617. The maximum absolute atomic E-state index is 12.8. The van der Waals surface area contributed by atoms with E-state index in [-0.39, 0.29) is 18.1 Å². The Morgan fingerprint density at radius 1 is 1.52 bits per heavy atom. The highest BCUT2D eigenvalue weighted by Crippen LogP contribution is 2.35. The van der Waals surface area contributed by atoms with Crippen LogP contribution < -0.4 is 0 Å². The highest BCUT2D eigenvalue weighted by molar-refractivity contribution is 5.94. The van der Waals surface area contributed by atoms with Crippen LogP contribution in [0.15, 0.2) is 31.0 Å². The highest BCUT2D eigenvalue weighted by atomic mass is 16.5. The third kappa shape index (κ3) is 3.46. The fourth-order valence-corrected chi connectivity index (χ4v) is 3.55. The maximum Gasteiger partial charge on any atom is 0.255 e. The molecule has 3 atom stereocenters. The number of aromatic nitrogens is 1. The molecule has 124 valence electrons. The molecule has 1 amide bonds. The number of hydrogen-bond donors (Lipinski definition) is 0. The van der Waals surface area contributed by atoms with Crippen molar-refractivity contribution in [2.24, 2.45) is 5.92 Å². The standard InChI is InChI=1S/C18H24N2O3/c1-3-9-22-12-15-6-7-16-17(15)23-10-8-20(16)18(21)14-5-4-13(2)19-11-14/h3-5,11,15-17H,1,6-10,12H2,2H3/t15?,16-,17?/m1/s1. The van der Waals surface area contributed by atoms with Gasteiger partial charge in [0.25, 0.3) is 5.91 Å². The number of carbonyl (C=O) groups is 1. The first-order chi connectivity index (χ1) is 11.2. The Hall–Kier alpha value is -1.72. The molecule has 0 spiro atoms. The Bertz CT molecular complexity index is 558. The molecule has 0 bridgehead atoms. The lowest BCUT2D eigenvalue weighted by atomic mass is 10.0. The number of aryl methyl sites for hydroxylation is 1. The summed E-state index contributed by atoms with van der Waals surface area (Å²) in [5.41, 5.74) is 1.57. The Morgan fingerprint density at radius 3 is 3.13 bits per heavy atom. The molecule has 1 aliphatic heterocycles. The second-order valence-corrected chi connectivity index (χ2v) is 6.25. The van der Waals surface area contributed by atoms with Gasteiger partial charge in [0.1, 0.15) is 0 Å². The van der Waals surface area contributed by atoms with Crippen LogP contribution >= 0.6 is 0 Å². The van der Waals surface area contributed by atoms with Crippen molar-refractivity contribution in [2.45, 2.75) is 31.9 Å². The number of carbonyl (C=O) groups excluding carboxylic acids is 1. The van der Waals surface area contributed by atoms with Gasteiger partial charge in [-0.1, -0.05) is 6.08 Å². The van der Waals surface area contributed by atoms with Gasteiger partial charge in [-0.15, -0.1) is 6.58 Å². The van der Waals surface area contributed by atoms with Crippen molar-refractivity contribution in [2.75, 3.05) is 26.4 Å². The zero-order valence-corrected chi connectivity index (χ0v) is 13.6. The fraction of sp³-hybridized carbons (Fsp3) is 0.556. The lowest BCUT2D eigenvalue weighted by Gasteiger charge is -2.39. The van der Waals surface area contributed by atoms with Gasteiger partial charge in [-0.2, -0.15) is 0 Å². The van der Waals surface area contributed by atoms with E-state index in [0.29, 0.717) is 37.8 Å². The first-order valence-electron chi connectivity index (χ1n) is 8.24. The molecule has 2 aliphatic rings. The summed E-state index contributed by atoms with van der Waals surface area (Å²) in [7, 11) is 0. The van der Waals surface area contributed by atoms with Crippen LogP contribution in [0, 0.1) is 12.8 Å². The van der Waals surface area contributed by atoms with Gasteiger partial charge in [0, 0.05) is 24.4 Å². The number of hydrogen-bond acceptors (Lipinski definition) is 4. The minimum atomic E-state index is 0.0588. The molecule has 0 aromatic carbocycles.